The second kappa shape index (κ2) is 7.30. The van der Waals surface area contributed by atoms with E-state index in [1.54, 1.807) is 0 Å². The summed E-state index contributed by atoms with van der Waals surface area (Å²) in [5.74, 6) is 1.56. The van der Waals surface area contributed by atoms with E-state index in [0.29, 0.717) is 12.0 Å². The first-order chi connectivity index (χ1) is 12.4. The Hall–Kier alpha value is -2.95. The molecule has 5 nitrogen and oxygen atoms in total. The summed E-state index contributed by atoms with van der Waals surface area (Å²) in [7, 11) is 0. The topological polar surface area (TPSA) is 62.7 Å². The summed E-state index contributed by atoms with van der Waals surface area (Å²) in [6.45, 7) is 0.818. The van der Waals surface area contributed by atoms with Gasteiger partial charge in [0.25, 0.3) is 0 Å². The van der Waals surface area contributed by atoms with Crippen LogP contribution in [0, 0.1) is 0 Å². The molecule has 0 saturated heterocycles. The van der Waals surface area contributed by atoms with Crippen molar-refractivity contribution < 1.29 is 0 Å². The highest BCUT2D eigenvalue weighted by atomic mass is 15.2. The van der Waals surface area contributed by atoms with Gasteiger partial charge in [0.05, 0.1) is 5.69 Å². The quantitative estimate of drug-likeness (QED) is 0.690. The molecule has 3 aromatic rings. The van der Waals surface area contributed by atoms with E-state index in [0.717, 1.165) is 30.0 Å². The Morgan fingerprint density at radius 1 is 0.960 bits per heavy atom. The summed E-state index contributed by atoms with van der Waals surface area (Å²) in [6.07, 6.45) is 6.97. The van der Waals surface area contributed by atoms with Crippen molar-refractivity contribution in [2.45, 2.75) is 25.3 Å². The predicted molar refractivity (Wildman–Crippen MR) is 101 cm³/mol. The van der Waals surface area contributed by atoms with Gasteiger partial charge in [-0.1, -0.05) is 30.3 Å². The van der Waals surface area contributed by atoms with Gasteiger partial charge in [0.2, 0.25) is 5.95 Å². The van der Waals surface area contributed by atoms with Crippen LogP contribution in [0.15, 0.2) is 60.9 Å². The minimum atomic E-state index is 0.524. The first-order valence-corrected chi connectivity index (χ1v) is 8.71. The molecule has 4 rings (SSSR count). The van der Waals surface area contributed by atoms with Gasteiger partial charge in [-0.05, 0) is 37.0 Å². The first kappa shape index (κ1) is 15.6. The molecule has 0 bridgehead atoms. The van der Waals surface area contributed by atoms with Gasteiger partial charge < -0.3 is 10.6 Å². The Morgan fingerprint density at radius 3 is 2.52 bits per heavy atom. The summed E-state index contributed by atoms with van der Waals surface area (Å²) >= 11 is 0. The Kier molecular flexibility index (Phi) is 4.55. The lowest BCUT2D eigenvalue weighted by Crippen LogP contribution is -2.11. The molecule has 2 heterocycles. The minimum Gasteiger partial charge on any atom is -0.370 e. The maximum Gasteiger partial charge on any atom is 0.225 e. The SMILES string of the molecule is c1ccc(-c2cc(NCCc3ccncc3)nc(NC3CC3)n2)cc1. The van der Waals surface area contributed by atoms with Crippen LogP contribution in [0.5, 0.6) is 0 Å². The molecule has 1 aliphatic carbocycles. The van der Waals surface area contributed by atoms with Gasteiger partial charge in [-0.2, -0.15) is 4.98 Å². The fourth-order valence-corrected chi connectivity index (χ4v) is 2.65. The van der Waals surface area contributed by atoms with Gasteiger partial charge >= 0.3 is 0 Å². The van der Waals surface area contributed by atoms with Crippen molar-refractivity contribution in [1.29, 1.82) is 0 Å². The van der Waals surface area contributed by atoms with Crippen molar-refractivity contribution in [1.82, 2.24) is 15.0 Å². The Morgan fingerprint density at radius 2 is 1.76 bits per heavy atom. The fourth-order valence-electron chi connectivity index (χ4n) is 2.65. The molecule has 1 aliphatic rings. The van der Waals surface area contributed by atoms with E-state index in [4.69, 9.17) is 0 Å². The normalized spacial score (nSPS) is 13.4. The fraction of sp³-hybridized carbons (Fsp3) is 0.250. The smallest absolute Gasteiger partial charge is 0.225 e. The number of hydrogen-bond acceptors (Lipinski definition) is 5. The number of rotatable bonds is 7. The molecule has 0 radical (unpaired) electrons. The summed E-state index contributed by atoms with van der Waals surface area (Å²) in [6, 6.07) is 16.8. The van der Waals surface area contributed by atoms with Gasteiger partial charge in [0.15, 0.2) is 0 Å². The molecule has 0 aliphatic heterocycles. The second-order valence-electron chi connectivity index (χ2n) is 6.28. The summed E-state index contributed by atoms with van der Waals surface area (Å²) in [5, 5.41) is 6.83. The average molecular weight is 331 g/mol. The van der Waals surface area contributed by atoms with E-state index in [1.807, 2.05) is 48.8 Å². The van der Waals surface area contributed by atoms with Gasteiger partial charge in [-0.25, -0.2) is 4.98 Å². The molecule has 5 heteroatoms. The number of nitrogens with zero attached hydrogens (tertiary/aromatic N) is 3. The van der Waals surface area contributed by atoms with Crippen LogP contribution in [0.4, 0.5) is 11.8 Å². The van der Waals surface area contributed by atoms with Gasteiger partial charge in [-0.15, -0.1) is 0 Å². The molecule has 0 amide bonds. The van der Waals surface area contributed by atoms with E-state index >= 15 is 0 Å². The lowest BCUT2D eigenvalue weighted by molar-refractivity contribution is 0.988. The summed E-state index contributed by atoms with van der Waals surface area (Å²) in [4.78, 5) is 13.4. The maximum atomic E-state index is 4.68. The maximum absolute atomic E-state index is 4.68. The number of benzene rings is 1. The largest absolute Gasteiger partial charge is 0.370 e. The molecule has 2 N–H and O–H groups in total. The third-order valence-electron chi connectivity index (χ3n) is 4.18. The lowest BCUT2D eigenvalue weighted by Gasteiger charge is -2.11. The van der Waals surface area contributed by atoms with Crippen LogP contribution in [-0.2, 0) is 6.42 Å². The molecule has 1 fully saturated rings. The number of nitrogens with one attached hydrogen (secondary N) is 2. The molecular weight excluding hydrogens is 310 g/mol. The van der Waals surface area contributed by atoms with Gasteiger partial charge in [0, 0.05) is 36.6 Å². The Labute approximate surface area is 147 Å². The highest BCUT2D eigenvalue weighted by molar-refractivity contribution is 5.64. The number of anilines is 2. The average Bonchev–Trinajstić information content (AvgIpc) is 3.47. The van der Waals surface area contributed by atoms with E-state index in [9.17, 15) is 0 Å². The molecule has 126 valence electrons. The van der Waals surface area contributed by atoms with Crippen LogP contribution in [0.25, 0.3) is 11.3 Å². The van der Waals surface area contributed by atoms with Crippen molar-refractivity contribution in [3.05, 3.63) is 66.5 Å². The summed E-state index contributed by atoms with van der Waals surface area (Å²) < 4.78 is 0. The molecular formula is C20H21N5. The molecule has 1 saturated carbocycles. The first-order valence-electron chi connectivity index (χ1n) is 8.71. The standard InChI is InChI=1S/C20H21N5/c1-2-4-16(5-3-1)18-14-19(25-20(24-18)23-17-6-7-17)22-13-10-15-8-11-21-12-9-15/h1-5,8-9,11-12,14,17H,6-7,10,13H2,(H2,22,23,24,25). The van der Waals surface area contributed by atoms with Crippen LogP contribution in [-0.4, -0.2) is 27.5 Å². The van der Waals surface area contributed by atoms with Crippen LogP contribution in [0.1, 0.15) is 18.4 Å². The monoisotopic (exact) mass is 331 g/mol. The lowest BCUT2D eigenvalue weighted by atomic mass is 10.1. The van der Waals surface area contributed by atoms with Gasteiger partial charge in [-0.3, -0.25) is 4.98 Å². The van der Waals surface area contributed by atoms with Crippen molar-refractivity contribution in [3.63, 3.8) is 0 Å². The Balaban J connectivity index is 1.51. The zero-order chi connectivity index (χ0) is 16.9. The summed E-state index contributed by atoms with van der Waals surface area (Å²) in [5.41, 5.74) is 3.29. The van der Waals surface area contributed by atoms with E-state index in [-0.39, 0.29) is 0 Å². The van der Waals surface area contributed by atoms with Gasteiger partial charge in [0.1, 0.15) is 5.82 Å². The second-order valence-corrected chi connectivity index (χ2v) is 6.28. The van der Waals surface area contributed by atoms with Crippen molar-refractivity contribution in [3.8, 4) is 11.3 Å². The number of hydrogen-bond donors (Lipinski definition) is 2. The zero-order valence-corrected chi connectivity index (χ0v) is 14.0. The molecule has 25 heavy (non-hydrogen) atoms. The van der Waals surface area contributed by atoms with Crippen molar-refractivity contribution in [2.24, 2.45) is 0 Å². The van der Waals surface area contributed by atoms with E-state index < -0.39 is 0 Å². The van der Waals surface area contributed by atoms with Crippen LogP contribution >= 0.6 is 0 Å². The third kappa shape index (κ3) is 4.32. The Bertz CT molecular complexity index is 816. The van der Waals surface area contributed by atoms with E-state index in [1.165, 1.54) is 18.4 Å². The number of aromatic nitrogens is 3. The predicted octanol–water partition coefficient (Wildman–Crippen LogP) is 3.77. The highest BCUT2D eigenvalue weighted by Gasteiger charge is 2.22. The molecule has 0 spiro atoms. The van der Waals surface area contributed by atoms with E-state index in [2.05, 4.69) is 37.7 Å². The highest BCUT2D eigenvalue weighted by Crippen LogP contribution is 2.26. The zero-order valence-electron chi connectivity index (χ0n) is 14.0. The van der Waals surface area contributed by atoms with Crippen molar-refractivity contribution >= 4 is 11.8 Å². The molecule has 1 aromatic carbocycles. The van der Waals surface area contributed by atoms with Crippen LogP contribution in [0.3, 0.4) is 0 Å². The minimum absolute atomic E-state index is 0.524. The van der Waals surface area contributed by atoms with Crippen LogP contribution in [0.2, 0.25) is 0 Å². The van der Waals surface area contributed by atoms with Crippen LogP contribution < -0.4 is 10.6 Å². The molecule has 0 unspecified atom stereocenters. The number of pyridine rings is 1. The molecule has 0 atom stereocenters. The molecule has 2 aromatic heterocycles. The third-order valence-corrected chi connectivity index (χ3v) is 4.18. The van der Waals surface area contributed by atoms with Crippen molar-refractivity contribution in [2.75, 3.05) is 17.2 Å².